The third-order valence-electron chi connectivity index (χ3n) is 6.05. The van der Waals surface area contributed by atoms with Crippen molar-refractivity contribution >= 4 is 33.7 Å². The van der Waals surface area contributed by atoms with Gasteiger partial charge in [-0.1, -0.05) is 12.8 Å². The quantitative estimate of drug-likeness (QED) is 0.436. The van der Waals surface area contributed by atoms with E-state index in [-0.39, 0.29) is 0 Å². The van der Waals surface area contributed by atoms with E-state index in [4.69, 9.17) is 4.98 Å². The smallest absolute Gasteiger partial charge is 0.230 e. The van der Waals surface area contributed by atoms with Crippen LogP contribution in [0.2, 0.25) is 0 Å². The molecule has 0 radical (unpaired) electrons. The van der Waals surface area contributed by atoms with E-state index in [2.05, 4.69) is 35.9 Å². The van der Waals surface area contributed by atoms with Gasteiger partial charge in [0.2, 0.25) is 5.95 Å². The minimum absolute atomic E-state index is 0.463. The highest BCUT2D eigenvalue weighted by Gasteiger charge is 2.23. The largest absolute Gasteiger partial charge is 0.321 e. The first kappa shape index (κ1) is 17.9. The molecular formula is C24H21N7. The van der Waals surface area contributed by atoms with Crippen molar-refractivity contribution in [3.05, 3.63) is 67.5 Å². The van der Waals surface area contributed by atoms with Crippen LogP contribution in [0.3, 0.4) is 0 Å². The zero-order valence-corrected chi connectivity index (χ0v) is 16.9. The predicted octanol–water partition coefficient (Wildman–Crippen LogP) is 5.30. The van der Waals surface area contributed by atoms with Crippen molar-refractivity contribution < 1.29 is 0 Å². The van der Waals surface area contributed by atoms with Crippen LogP contribution >= 0.6 is 0 Å². The second kappa shape index (κ2) is 7.43. The normalized spacial score (nSPS) is 14.5. The lowest BCUT2D eigenvalue weighted by atomic mass is 10.1. The van der Waals surface area contributed by atoms with Gasteiger partial charge in [0.15, 0.2) is 0 Å². The van der Waals surface area contributed by atoms with Crippen molar-refractivity contribution in [2.24, 2.45) is 0 Å². The van der Waals surface area contributed by atoms with Gasteiger partial charge in [0.05, 0.1) is 11.7 Å². The van der Waals surface area contributed by atoms with Crippen molar-refractivity contribution in [2.75, 3.05) is 5.32 Å². The number of pyridine rings is 3. The lowest BCUT2D eigenvalue weighted by Gasteiger charge is -2.14. The summed E-state index contributed by atoms with van der Waals surface area (Å²) in [7, 11) is 0. The Labute approximate surface area is 179 Å². The van der Waals surface area contributed by atoms with Crippen LogP contribution in [0.1, 0.15) is 31.7 Å². The van der Waals surface area contributed by atoms with Crippen LogP contribution in [0.15, 0.2) is 67.5 Å². The van der Waals surface area contributed by atoms with Gasteiger partial charge in [-0.3, -0.25) is 9.97 Å². The van der Waals surface area contributed by atoms with E-state index in [0.717, 1.165) is 33.1 Å². The standard InChI is InChI=1S/C24H21N7/c1-2-4-18(3-1)31-21-15-26-12-9-19(21)20-14-28-24(30-23(20)31)29-22-6-5-17(13-27-22)16-7-10-25-11-8-16/h5-15,18H,1-4H2,(H,27,28,29,30). The Morgan fingerprint density at radius 3 is 2.42 bits per heavy atom. The van der Waals surface area contributed by atoms with E-state index >= 15 is 0 Å². The van der Waals surface area contributed by atoms with Crippen LogP contribution < -0.4 is 5.32 Å². The molecule has 0 atom stereocenters. The van der Waals surface area contributed by atoms with Crippen molar-refractivity contribution in [3.63, 3.8) is 0 Å². The van der Waals surface area contributed by atoms with Crippen LogP contribution in [-0.2, 0) is 0 Å². The Balaban J connectivity index is 1.37. The molecule has 1 N–H and O–H groups in total. The van der Waals surface area contributed by atoms with E-state index in [1.54, 1.807) is 12.4 Å². The van der Waals surface area contributed by atoms with Crippen molar-refractivity contribution in [2.45, 2.75) is 31.7 Å². The zero-order valence-electron chi connectivity index (χ0n) is 16.9. The first-order valence-electron chi connectivity index (χ1n) is 10.6. The number of hydrogen-bond acceptors (Lipinski definition) is 6. The van der Waals surface area contributed by atoms with Crippen molar-refractivity contribution in [1.82, 2.24) is 29.5 Å². The zero-order chi connectivity index (χ0) is 20.6. The van der Waals surface area contributed by atoms with Gasteiger partial charge in [0.1, 0.15) is 11.5 Å². The molecule has 31 heavy (non-hydrogen) atoms. The monoisotopic (exact) mass is 407 g/mol. The second-order valence-corrected chi connectivity index (χ2v) is 7.93. The number of hydrogen-bond donors (Lipinski definition) is 1. The van der Waals surface area contributed by atoms with Gasteiger partial charge in [0.25, 0.3) is 0 Å². The summed E-state index contributed by atoms with van der Waals surface area (Å²) in [6, 6.07) is 10.4. The van der Waals surface area contributed by atoms with Gasteiger partial charge in [-0.25, -0.2) is 9.97 Å². The Hall–Kier alpha value is -3.87. The van der Waals surface area contributed by atoms with E-state index in [1.165, 1.54) is 25.7 Å². The Bertz CT molecular complexity index is 1350. The molecule has 0 saturated heterocycles. The molecule has 0 bridgehead atoms. The fraction of sp³-hybridized carbons (Fsp3) is 0.208. The number of anilines is 2. The summed E-state index contributed by atoms with van der Waals surface area (Å²) < 4.78 is 2.36. The van der Waals surface area contributed by atoms with E-state index < -0.39 is 0 Å². The average Bonchev–Trinajstić information content (AvgIpc) is 3.46. The summed E-state index contributed by atoms with van der Waals surface area (Å²) in [6.45, 7) is 0. The predicted molar refractivity (Wildman–Crippen MR) is 121 cm³/mol. The molecule has 5 aromatic rings. The SMILES string of the molecule is c1cc(-c2ccc(Nc3ncc4c5ccncc5n(C5CCCC5)c4n3)nc2)ccn1. The van der Waals surface area contributed by atoms with E-state index in [1.807, 2.05) is 49.1 Å². The molecule has 1 fully saturated rings. The third kappa shape index (κ3) is 3.18. The summed E-state index contributed by atoms with van der Waals surface area (Å²) in [5.41, 5.74) is 4.22. The van der Waals surface area contributed by atoms with Crippen LogP contribution in [0.4, 0.5) is 11.8 Å². The topological polar surface area (TPSA) is 81.4 Å². The molecule has 5 aromatic heterocycles. The molecular weight excluding hydrogens is 386 g/mol. The summed E-state index contributed by atoms with van der Waals surface area (Å²) in [6.07, 6.45) is 16.0. The Morgan fingerprint density at radius 2 is 1.61 bits per heavy atom. The first-order valence-corrected chi connectivity index (χ1v) is 10.6. The maximum atomic E-state index is 4.90. The fourth-order valence-corrected chi connectivity index (χ4v) is 4.56. The molecule has 0 aliphatic heterocycles. The minimum atomic E-state index is 0.463. The molecule has 7 heteroatoms. The molecule has 0 spiro atoms. The molecule has 0 unspecified atom stereocenters. The first-order chi connectivity index (χ1) is 15.4. The van der Waals surface area contributed by atoms with Crippen LogP contribution in [-0.4, -0.2) is 29.5 Å². The number of nitrogens with zero attached hydrogens (tertiary/aromatic N) is 6. The summed E-state index contributed by atoms with van der Waals surface area (Å²) in [5, 5.41) is 5.48. The summed E-state index contributed by atoms with van der Waals surface area (Å²) >= 11 is 0. The molecule has 6 rings (SSSR count). The highest BCUT2D eigenvalue weighted by atomic mass is 15.2. The minimum Gasteiger partial charge on any atom is -0.321 e. The van der Waals surface area contributed by atoms with Crippen molar-refractivity contribution in [3.8, 4) is 11.1 Å². The van der Waals surface area contributed by atoms with Gasteiger partial charge in [0, 0.05) is 53.4 Å². The Morgan fingerprint density at radius 1 is 0.774 bits per heavy atom. The molecule has 7 nitrogen and oxygen atoms in total. The fourth-order valence-electron chi connectivity index (χ4n) is 4.56. The van der Waals surface area contributed by atoms with Gasteiger partial charge < -0.3 is 9.88 Å². The number of aromatic nitrogens is 6. The summed E-state index contributed by atoms with van der Waals surface area (Å²) in [4.78, 5) is 22.4. The van der Waals surface area contributed by atoms with E-state index in [0.29, 0.717) is 17.8 Å². The molecule has 1 aliphatic carbocycles. The number of nitrogens with one attached hydrogen (secondary N) is 1. The maximum Gasteiger partial charge on any atom is 0.230 e. The molecule has 152 valence electrons. The molecule has 1 saturated carbocycles. The number of rotatable bonds is 4. The Kier molecular flexibility index (Phi) is 4.30. The van der Waals surface area contributed by atoms with Gasteiger partial charge in [-0.2, -0.15) is 4.98 Å². The van der Waals surface area contributed by atoms with Crippen LogP contribution in [0.25, 0.3) is 33.1 Å². The molecule has 0 aromatic carbocycles. The lowest BCUT2D eigenvalue weighted by molar-refractivity contribution is 0.546. The highest BCUT2D eigenvalue weighted by Crippen LogP contribution is 2.37. The molecule has 5 heterocycles. The van der Waals surface area contributed by atoms with Crippen LogP contribution in [0.5, 0.6) is 0 Å². The van der Waals surface area contributed by atoms with Gasteiger partial charge in [-0.15, -0.1) is 0 Å². The molecule has 1 aliphatic rings. The van der Waals surface area contributed by atoms with Gasteiger partial charge in [-0.05, 0) is 48.7 Å². The second-order valence-electron chi connectivity index (χ2n) is 7.93. The number of fused-ring (bicyclic) bond motifs is 3. The van der Waals surface area contributed by atoms with Crippen LogP contribution in [0, 0.1) is 0 Å². The van der Waals surface area contributed by atoms with Gasteiger partial charge >= 0.3 is 0 Å². The maximum absolute atomic E-state index is 4.90. The third-order valence-corrected chi connectivity index (χ3v) is 6.05. The lowest BCUT2D eigenvalue weighted by Crippen LogP contribution is -2.06. The van der Waals surface area contributed by atoms with E-state index in [9.17, 15) is 0 Å². The highest BCUT2D eigenvalue weighted by molar-refractivity contribution is 6.06. The average molecular weight is 407 g/mol. The molecule has 0 amide bonds. The summed E-state index contributed by atoms with van der Waals surface area (Å²) in [5.74, 6) is 1.26. The van der Waals surface area contributed by atoms with Crippen molar-refractivity contribution in [1.29, 1.82) is 0 Å².